The second kappa shape index (κ2) is 10.3. The third kappa shape index (κ3) is 4.74. The van der Waals surface area contributed by atoms with Gasteiger partial charge in [-0.2, -0.15) is 0 Å². The second-order valence-electron chi connectivity index (χ2n) is 9.27. The van der Waals surface area contributed by atoms with Crippen LogP contribution < -0.4 is 9.80 Å². The standard InChI is InChI=1S/C29H30N6O2/c1-19-18-34(14-15-35(19)26-17-30-25(16-31-26)29(36)37-4)28-21(3)20(2)27(32-33-28)24-13-9-8-12-23(24)22-10-6-5-7-11-22/h5-13,16-17,19H,14-15,18H2,1-4H3/t19-/m1/s1. The molecule has 1 fully saturated rings. The molecule has 8 heteroatoms. The number of rotatable bonds is 5. The van der Waals surface area contributed by atoms with Gasteiger partial charge in [-0.15, -0.1) is 10.2 Å². The van der Waals surface area contributed by atoms with Crippen LogP contribution in [0.3, 0.4) is 0 Å². The average molecular weight is 495 g/mol. The van der Waals surface area contributed by atoms with Crippen LogP contribution >= 0.6 is 0 Å². The Morgan fingerprint density at radius 1 is 0.892 bits per heavy atom. The van der Waals surface area contributed by atoms with Crippen LogP contribution in [-0.2, 0) is 4.74 Å². The average Bonchev–Trinajstić information content (AvgIpc) is 2.94. The summed E-state index contributed by atoms with van der Waals surface area (Å²) < 4.78 is 4.72. The molecule has 0 amide bonds. The van der Waals surface area contributed by atoms with Gasteiger partial charge in [-0.3, -0.25) is 0 Å². The Bertz CT molecular complexity index is 1410. The van der Waals surface area contributed by atoms with Crippen molar-refractivity contribution in [2.24, 2.45) is 0 Å². The summed E-state index contributed by atoms with van der Waals surface area (Å²) in [6.07, 6.45) is 3.10. The monoisotopic (exact) mass is 494 g/mol. The van der Waals surface area contributed by atoms with Gasteiger partial charge < -0.3 is 14.5 Å². The van der Waals surface area contributed by atoms with Gasteiger partial charge in [0.1, 0.15) is 5.82 Å². The zero-order valence-electron chi connectivity index (χ0n) is 21.5. The Hall–Kier alpha value is -4.33. The van der Waals surface area contributed by atoms with E-state index in [0.717, 1.165) is 64.8 Å². The van der Waals surface area contributed by atoms with E-state index in [4.69, 9.17) is 14.9 Å². The number of methoxy groups -OCH3 is 1. The first-order valence-corrected chi connectivity index (χ1v) is 12.4. The molecule has 1 aliphatic rings. The van der Waals surface area contributed by atoms with Crippen LogP contribution in [-0.4, -0.2) is 58.9 Å². The molecule has 4 aromatic rings. The van der Waals surface area contributed by atoms with Gasteiger partial charge in [0.15, 0.2) is 11.5 Å². The van der Waals surface area contributed by atoms with Gasteiger partial charge in [0, 0.05) is 31.2 Å². The highest BCUT2D eigenvalue weighted by Gasteiger charge is 2.28. The molecule has 0 unspecified atom stereocenters. The molecule has 2 aromatic heterocycles. The molecule has 0 radical (unpaired) electrons. The molecule has 0 bridgehead atoms. The minimum absolute atomic E-state index is 0.173. The van der Waals surface area contributed by atoms with Crippen molar-refractivity contribution in [2.75, 3.05) is 36.5 Å². The summed E-state index contributed by atoms with van der Waals surface area (Å²) in [5.74, 6) is 1.17. The zero-order chi connectivity index (χ0) is 25.9. The Kier molecular flexibility index (Phi) is 6.81. The van der Waals surface area contributed by atoms with Crippen LogP contribution in [0.1, 0.15) is 28.5 Å². The Morgan fingerprint density at radius 3 is 2.30 bits per heavy atom. The van der Waals surface area contributed by atoms with Crippen molar-refractivity contribution < 1.29 is 9.53 Å². The lowest BCUT2D eigenvalue weighted by molar-refractivity contribution is 0.0593. The quantitative estimate of drug-likeness (QED) is 0.369. The fourth-order valence-electron chi connectivity index (χ4n) is 4.88. The summed E-state index contributed by atoms with van der Waals surface area (Å²) in [5.41, 5.74) is 6.77. The predicted octanol–water partition coefficient (Wildman–Crippen LogP) is 4.72. The van der Waals surface area contributed by atoms with E-state index in [1.165, 1.54) is 13.3 Å². The van der Waals surface area contributed by atoms with E-state index in [1.807, 2.05) is 12.1 Å². The summed E-state index contributed by atoms with van der Waals surface area (Å²) in [6, 6.07) is 18.9. The number of benzene rings is 2. The first kappa shape index (κ1) is 24.4. The number of carbonyl (C=O) groups is 1. The highest BCUT2D eigenvalue weighted by atomic mass is 16.5. The molecule has 3 heterocycles. The zero-order valence-corrected chi connectivity index (χ0v) is 21.5. The summed E-state index contributed by atoms with van der Waals surface area (Å²) in [4.78, 5) is 24.8. The Morgan fingerprint density at radius 2 is 1.62 bits per heavy atom. The van der Waals surface area contributed by atoms with Crippen LogP contribution in [0, 0.1) is 13.8 Å². The van der Waals surface area contributed by atoms with E-state index < -0.39 is 5.97 Å². The van der Waals surface area contributed by atoms with Crippen molar-refractivity contribution in [3.05, 3.63) is 83.8 Å². The first-order valence-electron chi connectivity index (χ1n) is 12.4. The molecule has 37 heavy (non-hydrogen) atoms. The van der Waals surface area contributed by atoms with Gasteiger partial charge >= 0.3 is 5.97 Å². The topological polar surface area (TPSA) is 84.3 Å². The summed E-state index contributed by atoms with van der Waals surface area (Å²) in [6.45, 7) is 8.72. The van der Waals surface area contributed by atoms with Crippen LogP contribution in [0.4, 0.5) is 11.6 Å². The Labute approximate surface area is 217 Å². The molecular formula is C29H30N6O2. The Balaban J connectivity index is 1.38. The van der Waals surface area contributed by atoms with Crippen molar-refractivity contribution in [3.8, 4) is 22.4 Å². The van der Waals surface area contributed by atoms with Gasteiger partial charge in [-0.1, -0.05) is 54.6 Å². The molecule has 0 saturated carbocycles. The number of esters is 1. The van der Waals surface area contributed by atoms with E-state index in [2.05, 4.69) is 83.0 Å². The number of ether oxygens (including phenoxy) is 1. The minimum atomic E-state index is -0.490. The number of aromatic nitrogens is 4. The van der Waals surface area contributed by atoms with E-state index >= 15 is 0 Å². The smallest absolute Gasteiger partial charge is 0.358 e. The van der Waals surface area contributed by atoms with E-state index in [1.54, 1.807) is 6.20 Å². The molecule has 0 aliphatic carbocycles. The molecule has 0 spiro atoms. The molecule has 2 aromatic carbocycles. The summed E-state index contributed by atoms with van der Waals surface area (Å²) in [5, 5.41) is 9.46. The summed E-state index contributed by atoms with van der Waals surface area (Å²) in [7, 11) is 1.33. The highest BCUT2D eigenvalue weighted by molar-refractivity contribution is 5.87. The summed E-state index contributed by atoms with van der Waals surface area (Å²) >= 11 is 0. The van der Waals surface area contributed by atoms with Gasteiger partial charge in [-0.05, 0) is 43.0 Å². The third-order valence-electron chi connectivity index (χ3n) is 7.02. The maximum Gasteiger partial charge on any atom is 0.358 e. The van der Waals surface area contributed by atoms with E-state index in [-0.39, 0.29) is 11.7 Å². The fourth-order valence-corrected chi connectivity index (χ4v) is 4.88. The molecule has 1 saturated heterocycles. The van der Waals surface area contributed by atoms with Gasteiger partial charge in [-0.25, -0.2) is 14.8 Å². The normalized spacial score (nSPS) is 15.5. The van der Waals surface area contributed by atoms with Crippen molar-refractivity contribution in [3.63, 3.8) is 0 Å². The molecule has 188 valence electrons. The molecular weight excluding hydrogens is 464 g/mol. The largest absolute Gasteiger partial charge is 0.464 e. The van der Waals surface area contributed by atoms with Crippen molar-refractivity contribution in [2.45, 2.75) is 26.8 Å². The maximum atomic E-state index is 11.7. The van der Waals surface area contributed by atoms with Crippen LogP contribution in [0.15, 0.2) is 67.0 Å². The van der Waals surface area contributed by atoms with Crippen molar-refractivity contribution in [1.82, 2.24) is 20.2 Å². The third-order valence-corrected chi connectivity index (χ3v) is 7.02. The number of piperazine rings is 1. The maximum absolute atomic E-state index is 11.7. The van der Waals surface area contributed by atoms with Crippen LogP contribution in [0.5, 0.6) is 0 Å². The lowest BCUT2D eigenvalue weighted by Gasteiger charge is -2.41. The molecule has 1 atom stereocenters. The van der Waals surface area contributed by atoms with Gasteiger partial charge in [0.05, 0.1) is 25.2 Å². The fraction of sp³-hybridized carbons (Fsp3) is 0.276. The van der Waals surface area contributed by atoms with Crippen LogP contribution in [0.25, 0.3) is 22.4 Å². The number of anilines is 2. The van der Waals surface area contributed by atoms with E-state index in [0.29, 0.717) is 0 Å². The molecule has 0 N–H and O–H groups in total. The van der Waals surface area contributed by atoms with Gasteiger partial charge in [0.2, 0.25) is 0 Å². The molecule has 8 nitrogen and oxygen atoms in total. The minimum Gasteiger partial charge on any atom is -0.464 e. The lowest BCUT2D eigenvalue weighted by atomic mass is 9.94. The number of hydrogen-bond donors (Lipinski definition) is 0. The van der Waals surface area contributed by atoms with Crippen molar-refractivity contribution >= 4 is 17.6 Å². The number of carbonyl (C=O) groups excluding carboxylic acids is 1. The number of nitrogens with zero attached hydrogens (tertiary/aromatic N) is 6. The van der Waals surface area contributed by atoms with Crippen molar-refractivity contribution in [1.29, 1.82) is 0 Å². The first-order chi connectivity index (χ1) is 18.0. The SMILES string of the molecule is COC(=O)c1cnc(N2CCN(c3nnc(-c4ccccc4-c4ccccc4)c(C)c3C)C[C@H]2C)cn1. The van der Waals surface area contributed by atoms with Gasteiger partial charge in [0.25, 0.3) is 0 Å². The number of hydrogen-bond acceptors (Lipinski definition) is 8. The highest BCUT2D eigenvalue weighted by Crippen LogP contribution is 2.35. The molecule has 1 aliphatic heterocycles. The van der Waals surface area contributed by atoms with E-state index in [9.17, 15) is 4.79 Å². The predicted molar refractivity (Wildman–Crippen MR) is 145 cm³/mol. The lowest BCUT2D eigenvalue weighted by Crippen LogP contribution is -2.53. The van der Waals surface area contributed by atoms with Crippen LogP contribution in [0.2, 0.25) is 0 Å². The molecule has 5 rings (SSSR count). The second-order valence-corrected chi connectivity index (χ2v) is 9.27.